The lowest BCUT2D eigenvalue weighted by atomic mass is 10.1. The third-order valence-electron chi connectivity index (χ3n) is 3.32. The van der Waals surface area contributed by atoms with Gasteiger partial charge in [0, 0.05) is 6.04 Å². The van der Waals surface area contributed by atoms with Gasteiger partial charge in [-0.1, -0.05) is 6.07 Å². The average Bonchev–Trinajstić information content (AvgIpc) is 2.47. The Bertz CT molecular complexity index is 491. The van der Waals surface area contributed by atoms with E-state index in [1.54, 1.807) is 6.07 Å². The molecule has 1 aliphatic rings. The summed E-state index contributed by atoms with van der Waals surface area (Å²) in [6.07, 6.45) is 1.61. The molecule has 1 saturated heterocycles. The minimum atomic E-state index is -3.02. The van der Waals surface area contributed by atoms with Crippen molar-refractivity contribution in [2.24, 2.45) is 0 Å². The number of piperidine rings is 1. The molecule has 1 aliphatic heterocycles. The van der Waals surface area contributed by atoms with Crippen molar-refractivity contribution in [2.75, 3.05) is 20.2 Å². The number of benzene rings is 1. The molecule has 1 aromatic carbocycles. The number of nitrogens with one attached hydrogen (secondary N) is 2. The van der Waals surface area contributed by atoms with Crippen molar-refractivity contribution in [2.45, 2.75) is 25.5 Å². The number of methoxy groups -OCH3 is 1. The summed E-state index contributed by atoms with van der Waals surface area (Å²) in [7, 11) is 1.34. The van der Waals surface area contributed by atoms with Crippen LogP contribution in [-0.4, -0.2) is 38.8 Å². The fourth-order valence-electron chi connectivity index (χ4n) is 2.30. The Morgan fingerprint density at radius 1 is 1.38 bits per heavy atom. The molecule has 116 valence electrons. The Morgan fingerprint density at radius 3 is 2.71 bits per heavy atom. The Kier molecular flexibility index (Phi) is 5.32. The van der Waals surface area contributed by atoms with Gasteiger partial charge in [0.2, 0.25) is 0 Å². The van der Waals surface area contributed by atoms with Crippen LogP contribution in [0.3, 0.4) is 0 Å². The molecule has 5 nitrogen and oxygen atoms in total. The first-order valence-electron chi connectivity index (χ1n) is 6.75. The monoisotopic (exact) mass is 300 g/mol. The molecule has 0 aliphatic carbocycles. The second-order valence-corrected chi connectivity index (χ2v) is 4.71. The van der Waals surface area contributed by atoms with Crippen molar-refractivity contribution >= 4 is 5.91 Å². The first-order valence-corrected chi connectivity index (χ1v) is 6.75. The number of ether oxygens (including phenoxy) is 2. The van der Waals surface area contributed by atoms with E-state index in [4.69, 9.17) is 4.74 Å². The highest BCUT2D eigenvalue weighted by molar-refractivity contribution is 5.98. The normalized spacial score (nSPS) is 15.8. The zero-order chi connectivity index (χ0) is 15.2. The summed E-state index contributed by atoms with van der Waals surface area (Å²) in [5, 5.41) is 6.03. The van der Waals surface area contributed by atoms with Crippen LogP contribution in [0.5, 0.6) is 11.5 Å². The van der Waals surface area contributed by atoms with Crippen LogP contribution in [0.2, 0.25) is 0 Å². The molecule has 2 N–H and O–H groups in total. The van der Waals surface area contributed by atoms with Crippen LogP contribution in [0.4, 0.5) is 8.78 Å². The van der Waals surface area contributed by atoms with E-state index in [1.165, 1.54) is 19.2 Å². The Morgan fingerprint density at radius 2 is 2.10 bits per heavy atom. The van der Waals surface area contributed by atoms with E-state index in [-0.39, 0.29) is 23.1 Å². The van der Waals surface area contributed by atoms with Crippen LogP contribution < -0.4 is 20.1 Å². The fourth-order valence-corrected chi connectivity index (χ4v) is 2.30. The van der Waals surface area contributed by atoms with Gasteiger partial charge in [-0.05, 0) is 38.1 Å². The van der Waals surface area contributed by atoms with Crippen molar-refractivity contribution in [3.63, 3.8) is 0 Å². The lowest BCUT2D eigenvalue weighted by Gasteiger charge is -2.24. The summed E-state index contributed by atoms with van der Waals surface area (Å²) >= 11 is 0. The number of rotatable bonds is 5. The first-order chi connectivity index (χ1) is 10.1. The number of carbonyl (C=O) groups is 1. The number of para-hydroxylation sites is 1. The summed E-state index contributed by atoms with van der Waals surface area (Å²) in [6, 6.07) is 4.51. The summed E-state index contributed by atoms with van der Waals surface area (Å²) in [4.78, 5) is 12.3. The van der Waals surface area contributed by atoms with Gasteiger partial charge < -0.3 is 20.1 Å². The second-order valence-electron chi connectivity index (χ2n) is 4.71. The van der Waals surface area contributed by atoms with E-state index < -0.39 is 12.5 Å². The van der Waals surface area contributed by atoms with Gasteiger partial charge in [0.25, 0.3) is 5.91 Å². The van der Waals surface area contributed by atoms with Gasteiger partial charge >= 0.3 is 6.61 Å². The molecule has 0 aromatic heterocycles. The van der Waals surface area contributed by atoms with E-state index >= 15 is 0 Å². The van der Waals surface area contributed by atoms with E-state index in [1.807, 2.05) is 0 Å². The smallest absolute Gasteiger partial charge is 0.387 e. The molecule has 1 fully saturated rings. The van der Waals surface area contributed by atoms with E-state index in [2.05, 4.69) is 15.4 Å². The molecule has 0 atom stereocenters. The summed E-state index contributed by atoms with van der Waals surface area (Å²) in [5.41, 5.74) is 0.0492. The molecular weight excluding hydrogens is 282 g/mol. The highest BCUT2D eigenvalue weighted by Gasteiger charge is 2.22. The van der Waals surface area contributed by atoms with Gasteiger partial charge in [0.1, 0.15) is 0 Å². The first kappa shape index (κ1) is 15.5. The number of carbonyl (C=O) groups excluding carboxylic acids is 1. The van der Waals surface area contributed by atoms with Crippen LogP contribution in [-0.2, 0) is 0 Å². The van der Waals surface area contributed by atoms with Crippen LogP contribution >= 0.6 is 0 Å². The van der Waals surface area contributed by atoms with Gasteiger partial charge in [-0.3, -0.25) is 4.79 Å². The van der Waals surface area contributed by atoms with Crippen LogP contribution in [0.1, 0.15) is 23.2 Å². The van der Waals surface area contributed by atoms with Gasteiger partial charge in [-0.2, -0.15) is 8.78 Å². The lowest BCUT2D eigenvalue weighted by molar-refractivity contribution is -0.0515. The van der Waals surface area contributed by atoms with Crippen LogP contribution in [0.25, 0.3) is 0 Å². The predicted octanol–water partition coefficient (Wildman–Crippen LogP) is 1.78. The summed E-state index contributed by atoms with van der Waals surface area (Å²) in [5.74, 6) is -0.564. The molecule has 1 aromatic rings. The Labute approximate surface area is 121 Å². The van der Waals surface area contributed by atoms with Gasteiger partial charge in [-0.15, -0.1) is 0 Å². The zero-order valence-corrected chi connectivity index (χ0v) is 11.7. The third-order valence-corrected chi connectivity index (χ3v) is 3.32. The highest BCUT2D eigenvalue weighted by Crippen LogP contribution is 2.32. The maximum absolute atomic E-state index is 12.5. The van der Waals surface area contributed by atoms with E-state index in [0.29, 0.717) is 0 Å². The van der Waals surface area contributed by atoms with Gasteiger partial charge in [0.15, 0.2) is 11.5 Å². The average molecular weight is 300 g/mol. The van der Waals surface area contributed by atoms with E-state index in [9.17, 15) is 13.6 Å². The largest absolute Gasteiger partial charge is 0.493 e. The number of hydrogen-bond acceptors (Lipinski definition) is 4. The third kappa shape index (κ3) is 4.04. The van der Waals surface area contributed by atoms with E-state index in [0.717, 1.165) is 25.9 Å². The number of amides is 1. The van der Waals surface area contributed by atoms with Gasteiger partial charge in [-0.25, -0.2) is 0 Å². The second kappa shape index (κ2) is 7.21. The molecule has 0 unspecified atom stereocenters. The van der Waals surface area contributed by atoms with Crippen molar-refractivity contribution < 1.29 is 23.0 Å². The molecule has 0 saturated carbocycles. The summed E-state index contributed by atoms with van der Waals surface area (Å²) < 4.78 is 34.5. The molecule has 21 heavy (non-hydrogen) atoms. The molecule has 0 spiro atoms. The molecular formula is C14H18F2N2O3. The van der Waals surface area contributed by atoms with Crippen molar-refractivity contribution in [1.82, 2.24) is 10.6 Å². The predicted molar refractivity (Wildman–Crippen MR) is 73.0 cm³/mol. The maximum atomic E-state index is 12.5. The quantitative estimate of drug-likeness (QED) is 0.870. The maximum Gasteiger partial charge on any atom is 0.387 e. The zero-order valence-electron chi connectivity index (χ0n) is 11.7. The Balaban J connectivity index is 2.18. The molecule has 0 radical (unpaired) electrons. The van der Waals surface area contributed by atoms with Crippen molar-refractivity contribution in [3.05, 3.63) is 23.8 Å². The standard InChI is InChI=1S/C14H18F2N2O3/c1-20-11-4-2-3-10(12(11)21-14(15)16)13(19)18-9-5-7-17-8-6-9/h2-4,9,14,17H,5-8H2,1H3,(H,18,19). The highest BCUT2D eigenvalue weighted by atomic mass is 19.3. The van der Waals surface area contributed by atoms with Crippen molar-refractivity contribution in [1.29, 1.82) is 0 Å². The van der Waals surface area contributed by atoms with Crippen molar-refractivity contribution in [3.8, 4) is 11.5 Å². The molecule has 7 heteroatoms. The van der Waals surface area contributed by atoms with Gasteiger partial charge in [0.05, 0.1) is 12.7 Å². The number of alkyl halides is 2. The molecule has 2 rings (SSSR count). The lowest BCUT2D eigenvalue weighted by Crippen LogP contribution is -2.42. The molecule has 0 bridgehead atoms. The molecule has 1 amide bonds. The SMILES string of the molecule is COc1cccc(C(=O)NC2CCNCC2)c1OC(F)F. The minimum Gasteiger partial charge on any atom is -0.493 e. The van der Waals surface area contributed by atoms with Crippen LogP contribution in [0, 0.1) is 0 Å². The fraction of sp³-hybridized carbons (Fsp3) is 0.500. The topological polar surface area (TPSA) is 59.6 Å². The number of hydrogen-bond donors (Lipinski definition) is 2. The molecule has 1 heterocycles. The minimum absolute atomic E-state index is 0.0318. The number of halogens is 2. The van der Waals surface area contributed by atoms with Crippen LogP contribution in [0.15, 0.2) is 18.2 Å². The Hall–Kier alpha value is -1.89. The summed E-state index contributed by atoms with van der Waals surface area (Å²) in [6.45, 7) is -1.38.